The summed E-state index contributed by atoms with van der Waals surface area (Å²) < 4.78 is 1.74. The molecule has 0 aliphatic carbocycles. The molecule has 2 amide bonds. The molecule has 0 radical (unpaired) electrons. The van der Waals surface area contributed by atoms with Gasteiger partial charge in [0.05, 0.1) is 5.69 Å². The fourth-order valence-corrected chi connectivity index (χ4v) is 1.90. The molecule has 2 aromatic rings. The van der Waals surface area contributed by atoms with E-state index in [1.54, 1.807) is 4.68 Å². The molecule has 0 unspecified atom stereocenters. The number of rotatable bonds is 3. The Kier molecular flexibility index (Phi) is 3.85. The molecular weight excluding hydrogens is 240 g/mol. The molecule has 0 saturated carbocycles. The first-order valence-corrected chi connectivity index (χ1v) is 6.15. The van der Waals surface area contributed by atoms with Gasteiger partial charge < -0.3 is 10.6 Å². The smallest absolute Gasteiger partial charge is 0.319 e. The second-order valence-electron chi connectivity index (χ2n) is 4.59. The first kappa shape index (κ1) is 13.1. The Hall–Kier alpha value is -2.30. The maximum absolute atomic E-state index is 11.8. The van der Waals surface area contributed by atoms with E-state index in [0.29, 0.717) is 6.54 Å². The summed E-state index contributed by atoms with van der Waals surface area (Å²) in [6.45, 7) is 4.38. The molecule has 0 aliphatic heterocycles. The van der Waals surface area contributed by atoms with Crippen LogP contribution >= 0.6 is 0 Å². The molecule has 0 spiro atoms. The minimum atomic E-state index is -0.214. The lowest BCUT2D eigenvalue weighted by molar-refractivity contribution is 0.251. The summed E-state index contributed by atoms with van der Waals surface area (Å²) in [7, 11) is 1.86. The highest BCUT2D eigenvalue weighted by molar-refractivity contribution is 5.89. The average molecular weight is 258 g/mol. The third kappa shape index (κ3) is 3.58. The van der Waals surface area contributed by atoms with Crippen molar-refractivity contribution in [2.24, 2.45) is 7.05 Å². The summed E-state index contributed by atoms with van der Waals surface area (Å²) >= 11 is 0. The third-order valence-electron chi connectivity index (χ3n) is 2.83. The van der Waals surface area contributed by atoms with E-state index in [1.165, 1.54) is 0 Å². The lowest BCUT2D eigenvalue weighted by atomic mass is 10.2. The van der Waals surface area contributed by atoms with Crippen LogP contribution in [-0.4, -0.2) is 15.8 Å². The Labute approximate surface area is 112 Å². The van der Waals surface area contributed by atoms with Crippen LogP contribution in [0.5, 0.6) is 0 Å². The van der Waals surface area contributed by atoms with E-state index in [-0.39, 0.29) is 6.03 Å². The van der Waals surface area contributed by atoms with Gasteiger partial charge in [0.2, 0.25) is 0 Å². The Bertz CT molecular complexity index is 589. The van der Waals surface area contributed by atoms with Crippen molar-refractivity contribution < 1.29 is 4.79 Å². The fraction of sp³-hybridized carbons (Fsp3) is 0.286. The largest absolute Gasteiger partial charge is 0.334 e. The van der Waals surface area contributed by atoms with Crippen LogP contribution in [0.2, 0.25) is 0 Å². The van der Waals surface area contributed by atoms with Crippen molar-refractivity contribution in [2.75, 3.05) is 5.32 Å². The van der Waals surface area contributed by atoms with Crippen LogP contribution < -0.4 is 10.6 Å². The zero-order valence-electron chi connectivity index (χ0n) is 11.4. The van der Waals surface area contributed by atoms with Crippen LogP contribution in [0.1, 0.15) is 16.8 Å². The predicted octanol–water partition coefficient (Wildman–Crippen LogP) is 2.36. The fourth-order valence-electron chi connectivity index (χ4n) is 1.90. The molecule has 0 aliphatic rings. The normalized spacial score (nSPS) is 10.3. The topological polar surface area (TPSA) is 59.0 Å². The van der Waals surface area contributed by atoms with Crippen molar-refractivity contribution in [3.05, 3.63) is 47.3 Å². The monoisotopic (exact) mass is 258 g/mol. The molecule has 0 atom stereocenters. The number of hydrogen-bond donors (Lipinski definition) is 2. The molecule has 5 nitrogen and oxygen atoms in total. The highest BCUT2D eigenvalue weighted by Crippen LogP contribution is 2.09. The van der Waals surface area contributed by atoms with E-state index in [1.807, 2.05) is 51.4 Å². The molecule has 19 heavy (non-hydrogen) atoms. The van der Waals surface area contributed by atoms with Crippen molar-refractivity contribution in [1.82, 2.24) is 15.1 Å². The van der Waals surface area contributed by atoms with Crippen LogP contribution in [0.3, 0.4) is 0 Å². The Balaban J connectivity index is 1.90. The summed E-state index contributed by atoms with van der Waals surface area (Å²) in [4.78, 5) is 11.8. The molecule has 1 aromatic heterocycles. The summed E-state index contributed by atoms with van der Waals surface area (Å²) in [5.74, 6) is 0. The standard InChI is InChI=1S/C14H18N4O/c1-10-5-4-6-13(7-10)16-14(19)15-8-12-9-18(3)17-11(12)2/h4-7,9H,8H2,1-3H3,(H2,15,16,19). The van der Waals surface area contributed by atoms with E-state index < -0.39 is 0 Å². The molecule has 1 heterocycles. The minimum Gasteiger partial charge on any atom is -0.334 e. The Morgan fingerprint density at radius 2 is 2.16 bits per heavy atom. The first-order valence-electron chi connectivity index (χ1n) is 6.15. The Morgan fingerprint density at radius 1 is 1.37 bits per heavy atom. The number of nitrogens with zero attached hydrogens (tertiary/aromatic N) is 2. The number of amides is 2. The average Bonchev–Trinajstić information content (AvgIpc) is 2.65. The van der Waals surface area contributed by atoms with Gasteiger partial charge in [-0.25, -0.2) is 4.79 Å². The second-order valence-corrected chi connectivity index (χ2v) is 4.59. The minimum absolute atomic E-state index is 0.214. The highest BCUT2D eigenvalue weighted by atomic mass is 16.2. The molecular formula is C14H18N4O. The molecule has 0 fully saturated rings. The molecule has 2 N–H and O–H groups in total. The third-order valence-corrected chi connectivity index (χ3v) is 2.83. The summed E-state index contributed by atoms with van der Waals surface area (Å²) in [5, 5.41) is 9.85. The molecule has 0 bridgehead atoms. The number of carbonyl (C=O) groups excluding carboxylic acids is 1. The van der Waals surface area contributed by atoms with Gasteiger partial charge in [-0.3, -0.25) is 4.68 Å². The van der Waals surface area contributed by atoms with E-state index in [9.17, 15) is 4.79 Å². The predicted molar refractivity (Wildman–Crippen MR) is 75.0 cm³/mol. The maximum atomic E-state index is 11.8. The number of hydrogen-bond acceptors (Lipinski definition) is 2. The molecule has 1 aromatic carbocycles. The highest BCUT2D eigenvalue weighted by Gasteiger charge is 2.05. The number of urea groups is 1. The van der Waals surface area contributed by atoms with E-state index in [2.05, 4.69) is 15.7 Å². The van der Waals surface area contributed by atoms with Crippen molar-refractivity contribution in [3.8, 4) is 0 Å². The van der Waals surface area contributed by atoms with Gasteiger partial charge in [0.1, 0.15) is 0 Å². The SMILES string of the molecule is Cc1cccc(NC(=O)NCc2cn(C)nc2C)c1. The summed E-state index contributed by atoms with van der Waals surface area (Å²) in [5.41, 5.74) is 3.85. The van der Waals surface area contributed by atoms with E-state index >= 15 is 0 Å². The number of carbonyl (C=O) groups is 1. The number of anilines is 1. The second kappa shape index (κ2) is 5.56. The van der Waals surface area contributed by atoms with Crippen LogP contribution in [-0.2, 0) is 13.6 Å². The lowest BCUT2D eigenvalue weighted by Gasteiger charge is -2.07. The zero-order chi connectivity index (χ0) is 13.8. The van der Waals surface area contributed by atoms with Gasteiger partial charge in [0, 0.05) is 31.0 Å². The van der Waals surface area contributed by atoms with Gasteiger partial charge in [-0.15, -0.1) is 0 Å². The molecule has 0 saturated heterocycles. The van der Waals surface area contributed by atoms with Gasteiger partial charge in [0.25, 0.3) is 0 Å². The molecule has 2 rings (SSSR count). The van der Waals surface area contributed by atoms with Crippen molar-refractivity contribution in [1.29, 1.82) is 0 Å². The van der Waals surface area contributed by atoms with Crippen LogP contribution in [0, 0.1) is 13.8 Å². The van der Waals surface area contributed by atoms with Gasteiger partial charge in [-0.1, -0.05) is 12.1 Å². The number of benzene rings is 1. The van der Waals surface area contributed by atoms with Crippen LogP contribution in [0.15, 0.2) is 30.5 Å². The molecule has 100 valence electrons. The van der Waals surface area contributed by atoms with E-state index in [0.717, 1.165) is 22.5 Å². The van der Waals surface area contributed by atoms with Crippen molar-refractivity contribution in [2.45, 2.75) is 20.4 Å². The van der Waals surface area contributed by atoms with Crippen LogP contribution in [0.25, 0.3) is 0 Å². The van der Waals surface area contributed by atoms with Gasteiger partial charge >= 0.3 is 6.03 Å². The van der Waals surface area contributed by atoms with Gasteiger partial charge in [0.15, 0.2) is 0 Å². The van der Waals surface area contributed by atoms with Gasteiger partial charge in [-0.05, 0) is 31.5 Å². The van der Waals surface area contributed by atoms with Gasteiger partial charge in [-0.2, -0.15) is 5.10 Å². The molecule has 5 heteroatoms. The number of nitrogens with one attached hydrogen (secondary N) is 2. The van der Waals surface area contributed by atoms with Crippen molar-refractivity contribution in [3.63, 3.8) is 0 Å². The number of aromatic nitrogens is 2. The van der Waals surface area contributed by atoms with E-state index in [4.69, 9.17) is 0 Å². The Morgan fingerprint density at radius 3 is 2.79 bits per heavy atom. The van der Waals surface area contributed by atoms with Crippen molar-refractivity contribution >= 4 is 11.7 Å². The summed E-state index contributed by atoms with van der Waals surface area (Å²) in [6, 6.07) is 7.48. The number of aryl methyl sites for hydroxylation is 3. The zero-order valence-corrected chi connectivity index (χ0v) is 11.4. The quantitative estimate of drug-likeness (QED) is 0.888. The first-order chi connectivity index (χ1) is 9.04. The summed E-state index contributed by atoms with van der Waals surface area (Å²) in [6.07, 6.45) is 1.91. The maximum Gasteiger partial charge on any atom is 0.319 e. The van der Waals surface area contributed by atoms with Crippen LogP contribution in [0.4, 0.5) is 10.5 Å². The lowest BCUT2D eigenvalue weighted by Crippen LogP contribution is -2.28.